The molecule has 0 N–H and O–H groups in total. The third-order valence-corrected chi connectivity index (χ3v) is 5.12. The van der Waals surface area contributed by atoms with E-state index in [0.717, 1.165) is 16.7 Å². The van der Waals surface area contributed by atoms with Crippen LogP contribution < -0.4 is 0 Å². The first-order chi connectivity index (χ1) is 9.15. The van der Waals surface area contributed by atoms with Crippen LogP contribution in [0.2, 0.25) is 0 Å². The van der Waals surface area contributed by atoms with E-state index in [0.29, 0.717) is 13.1 Å². The highest BCUT2D eigenvalue weighted by molar-refractivity contribution is 7.88. The third kappa shape index (κ3) is 2.55. The first-order valence-electron chi connectivity index (χ1n) is 6.24. The highest BCUT2D eigenvalue weighted by Gasteiger charge is 2.29. The lowest BCUT2D eigenvalue weighted by Crippen LogP contribution is -2.35. The minimum atomic E-state index is -3.20. The Morgan fingerprint density at radius 1 is 0.895 bits per heavy atom. The summed E-state index contributed by atoms with van der Waals surface area (Å²) >= 11 is 0. The van der Waals surface area contributed by atoms with Crippen LogP contribution in [0.5, 0.6) is 0 Å². The van der Waals surface area contributed by atoms with E-state index in [1.165, 1.54) is 0 Å². The van der Waals surface area contributed by atoms with Crippen LogP contribution in [0.3, 0.4) is 0 Å². The second-order valence-corrected chi connectivity index (χ2v) is 6.75. The van der Waals surface area contributed by atoms with Crippen molar-refractivity contribution in [3.8, 4) is 0 Å². The largest absolute Gasteiger partial charge is 0.218 e. The minimum absolute atomic E-state index is 0.107. The van der Waals surface area contributed by atoms with Gasteiger partial charge in [0.1, 0.15) is 0 Å². The Morgan fingerprint density at radius 2 is 1.53 bits per heavy atom. The van der Waals surface area contributed by atoms with Crippen molar-refractivity contribution in [2.75, 3.05) is 0 Å². The van der Waals surface area contributed by atoms with E-state index < -0.39 is 10.0 Å². The number of sulfonamides is 1. The molecule has 1 aliphatic rings. The smallest absolute Gasteiger partial charge is 0.212 e. The first kappa shape index (κ1) is 12.4. The predicted octanol–water partition coefficient (Wildman–Crippen LogP) is 2.53. The van der Waals surface area contributed by atoms with Gasteiger partial charge in [-0.05, 0) is 16.7 Å². The van der Waals surface area contributed by atoms with Gasteiger partial charge in [-0.15, -0.1) is 0 Å². The lowest BCUT2D eigenvalue weighted by molar-refractivity contribution is 0.391. The number of hydrogen-bond acceptors (Lipinski definition) is 2. The van der Waals surface area contributed by atoms with Crippen molar-refractivity contribution in [2.45, 2.75) is 18.8 Å². The molecule has 3 rings (SSSR count). The topological polar surface area (TPSA) is 37.4 Å². The molecule has 0 amide bonds. The van der Waals surface area contributed by atoms with Crippen LogP contribution in [0.25, 0.3) is 0 Å². The Hall–Kier alpha value is -1.65. The molecule has 0 unspecified atom stereocenters. The fraction of sp³-hybridized carbons (Fsp3) is 0.200. The van der Waals surface area contributed by atoms with Crippen LogP contribution in [0, 0.1) is 0 Å². The standard InChI is InChI=1S/C15H15NO2S/c17-19(18)12-15-9-5-4-8-14(15)11-16(19)10-13-6-2-1-3-7-13/h1-9H,10-12H2. The number of rotatable bonds is 2. The lowest BCUT2D eigenvalue weighted by Gasteiger charge is -2.28. The minimum Gasteiger partial charge on any atom is -0.212 e. The molecular formula is C15H15NO2S. The van der Waals surface area contributed by atoms with E-state index in [1.807, 2.05) is 54.6 Å². The van der Waals surface area contributed by atoms with Gasteiger partial charge in [0.15, 0.2) is 0 Å². The van der Waals surface area contributed by atoms with E-state index in [2.05, 4.69) is 0 Å². The van der Waals surface area contributed by atoms with Crippen LogP contribution in [0.15, 0.2) is 54.6 Å². The van der Waals surface area contributed by atoms with Crippen molar-refractivity contribution in [3.05, 3.63) is 71.3 Å². The van der Waals surface area contributed by atoms with Gasteiger partial charge in [0.05, 0.1) is 5.75 Å². The van der Waals surface area contributed by atoms with Crippen molar-refractivity contribution in [2.24, 2.45) is 0 Å². The molecule has 0 saturated heterocycles. The Morgan fingerprint density at radius 3 is 2.26 bits per heavy atom. The molecule has 0 aromatic heterocycles. The van der Waals surface area contributed by atoms with Crippen LogP contribution >= 0.6 is 0 Å². The summed E-state index contributed by atoms with van der Waals surface area (Å²) < 4.78 is 26.1. The molecule has 2 aromatic rings. The SMILES string of the molecule is O=S1(=O)Cc2ccccc2CN1Cc1ccccc1. The summed E-state index contributed by atoms with van der Waals surface area (Å²) in [7, 11) is -3.20. The van der Waals surface area contributed by atoms with E-state index in [4.69, 9.17) is 0 Å². The molecule has 0 bridgehead atoms. The highest BCUT2D eigenvalue weighted by atomic mass is 32.2. The summed E-state index contributed by atoms with van der Waals surface area (Å²) in [5.41, 5.74) is 3.05. The Balaban J connectivity index is 1.91. The van der Waals surface area contributed by atoms with Crippen molar-refractivity contribution in [1.82, 2.24) is 4.31 Å². The molecule has 4 heteroatoms. The van der Waals surface area contributed by atoms with Gasteiger partial charge in [0.25, 0.3) is 0 Å². The maximum Gasteiger partial charge on any atom is 0.218 e. The summed E-state index contributed by atoms with van der Waals surface area (Å²) in [6.45, 7) is 0.908. The van der Waals surface area contributed by atoms with Crippen molar-refractivity contribution in [1.29, 1.82) is 0 Å². The van der Waals surface area contributed by atoms with Crippen LogP contribution in [0.1, 0.15) is 16.7 Å². The second kappa shape index (κ2) is 4.79. The van der Waals surface area contributed by atoms with E-state index >= 15 is 0 Å². The lowest BCUT2D eigenvalue weighted by atomic mass is 10.1. The maximum absolute atomic E-state index is 12.3. The van der Waals surface area contributed by atoms with Gasteiger partial charge in [0, 0.05) is 13.1 Å². The molecule has 0 atom stereocenters. The molecule has 2 aromatic carbocycles. The van der Waals surface area contributed by atoms with Crippen LogP contribution in [0.4, 0.5) is 0 Å². The molecule has 0 fully saturated rings. The molecule has 0 radical (unpaired) electrons. The Labute approximate surface area is 113 Å². The Kier molecular flexibility index (Phi) is 3.12. The van der Waals surface area contributed by atoms with Gasteiger partial charge < -0.3 is 0 Å². The van der Waals surface area contributed by atoms with Gasteiger partial charge >= 0.3 is 0 Å². The maximum atomic E-state index is 12.3. The molecule has 0 aliphatic carbocycles. The number of fused-ring (bicyclic) bond motifs is 1. The zero-order chi connectivity index (χ0) is 13.3. The van der Waals surface area contributed by atoms with Gasteiger partial charge in [-0.2, -0.15) is 4.31 Å². The quantitative estimate of drug-likeness (QED) is 0.843. The molecule has 0 spiro atoms. The predicted molar refractivity (Wildman–Crippen MR) is 74.8 cm³/mol. The fourth-order valence-corrected chi connectivity index (χ4v) is 3.91. The number of nitrogens with zero attached hydrogens (tertiary/aromatic N) is 1. The average molecular weight is 273 g/mol. The summed E-state index contributed by atoms with van der Waals surface area (Å²) in [4.78, 5) is 0. The van der Waals surface area contributed by atoms with E-state index in [1.54, 1.807) is 4.31 Å². The molecule has 19 heavy (non-hydrogen) atoms. The van der Waals surface area contributed by atoms with Crippen LogP contribution in [-0.4, -0.2) is 12.7 Å². The molecule has 1 heterocycles. The number of hydrogen-bond donors (Lipinski definition) is 0. The second-order valence-electron chi connectivity index (χ2n) is 4.78. The van der Waals surface area contributed by atoms with Gasteiger partial charge in [0.2, 0.25) is 10.0 Å². The van der Waals surface area contributed by atoms with Gasteiger partial charge in [-0.3, -0.25) is 0 Å². The van der Waals surface area contributed by atoms with Gasteiger partial charge in [-0.1, -0.05) is 54.6 Å². The molecule has 3 nitrogen and oxygen atoms in total. The highest BCUT2D eigenvalue weighted by Crippen LogP contribution is 2.25. The zero-order valence-electron chi connectivity index (χ0n) is 10.5. The van der Waals surface area contributed by atoms with Crippen molar-refractivity contribution >= 4 is 10.0 Å². The van der Waals surface area contributed by atoms with Crippen molar-refractivity contribution in [3.63, 3.8) is 0 Å². The van der Waals surface area contributed by atoms with Crippen molar-refractivity contribution < 1.29 is 8.42 Å². The molecule has 98 valence electrons. The summed E-state index contributed by atoms with van der Waals surface area (Å²) in [6, 6.07) is 17.4. The molecule has 1 aliphatic heterocycles. The fourth-order valence-electron chi connectivity index (χ4n) is 2.37. The summed E-state index contributed by atoms with van der Waals surface area (Å²) in [5, 5.41) is 0. The average Bonchev–Trinajstić information content (AvgIpc) is 2.40. The van der Waals surface area contributed by atoms with E-state index in [9.17, 15) is 8.42 Å². The first-order valence-corrected chi connectivity index (χ1v) is 7.84. The molecular weight excluding hydrogens is 258 g/mol. The number of benzene rings is 2. The summed E-state index contributed by atoms with van der Waals surface area (Å²) in [5.74, 6) is 0.107. The molecule has 0 saturated carbocycles. The third-order valence-electron chi connectivity index (χ3n) is 3.40. The monoisotopic (exact) mass is 273 g/mol. The van der Waals surface area contributed by atoms with E-state index in [-0.39, 0.29) is 5.75 Å². The van der Waals surface area contributed by atoms with Crippen LogP contribution in [-0.2, 0) is 28.9 Å². The summed E-state index contributed by atoms with van der Waals surface area (Å²) in [6.07, 6.45) is 0. The van der Waals surface area contributed by atoms with Gasteiger partial charge in [-0.25, -0.2) is 8.42 Å². The zero-order valence-corrected chi connectivity index (χ0v) is 11.3. The Bertz CT molecular complexity index is 680. The normalized spacial score (nSPS) is 17.9.